The van der Waals surface area contributed by atoms with Crippen LogP contribution in [0.2, 0.25) is 0 Å². The summed E-state index contributed by atoms with van der Waals surface area (Å²) in [7, 11) is 1.69. The normalized spacial score (nSPS) is 20.2. The molecule has 1 aliphatic heterocycles. The fourth-order valence-electron chi connectivity index (χ4n) is 2.99. The minimum absolute atomic E-state index is 0.449. The molecule has 3 nitrogen and oxygen atoms in total. The predicted octanol–water partition coefficient (Wildman–Crippen LogP) is 2.40. The van der Waals surface area contributed by atoms with E-state index in [2.05, 4.69) is 32.0 Å². The maximum absolute atomic E-state index is 10.6. The summed E-state index contributed by atoms with van der Waals surface area (Å²) in [6.45, 7) is 5.50. The zero-order chi connectivity index (χ0) is 13.9. The third-order valence-electron chi connectivity index (χ3n) is 4.06. The molecule has 1 saturated heterocycles. The largest absolute Gasteiger partial charge is 0.390 e. The summed E-state index contributed by atoms with van der Waals surface area (Å²) in [4.78, 5) is 0. The summed E-state index contributed by atoms with van der Waals surface area (Å²) in [5.74, 6) is 0. The average molecular weight is 264 g/mol. The number of aliphatic hydroxyl groups is 1. The molecule has 0 spiro atoms. The minimum atomic E-state index is -0.484. The Kier molecular flexibility index (Phi) is 4.61. The average Bonchev–Trinajstić information content (AvgIpc) is 2.38. The molecule has 1 aromatic rings. The summed E-state index contributed by atoms with van der Waals surface area (Å²) in [6.07, 6.45) is 1.67. The molecule has 19 heavy (non-hydrogen) atoms. The van der Waals surface area contributed by atoms with Gasteiger partial charge in [-0.25, -0.2) is 0 Å². The van der Waals surface area contributed by atoms with E-state index in [0.29, 0.717) is 19.6 Å². The molecule has 1 aromatic carbocycles. The summed E-state index contributed by atoms with van der Waals surface area (Å²) >= 11 is 0. The van der Waals surface area contributed by atoms with E-state index in [1.165, 1.54) is 16.7 Å². The Labute approximate surface area is 115 Å². The summed E-state index contributed by atoms with van der Waals surface area (Å²) < 4.78 is 11.0. The van der Waals surface area contributed by atoms with E-state index >= 15 is 0 Å². The lowest BCUT2D eigenvalue weighted by atomic mass is 9.84. The number of hydrogen-bond acceptors (Lipinski definition) is 3. The van der Waals surface area contributed by atoms with E-state index in [1.807, 2.05) is 0 Å². The van der Waals surface area contributed by atoms with Gasteiger partial charge in [-0.3, -0.25) is 0 Å². The fraction of sp³-hybridized carbons (Fsp3) is 0.625. The van der Waals surface area contributed by atoms with Crippen molar-refractivity contribution in [2.24, 2.45) is 0 Å². The van der Waals surface area contributed by atoms with E-state index in [9.17, 15) is 5.11 Å². The topological polar surface area (TPSA) is 38.7 Å². The Morgan fingerprint density at radius 1 is 1.21 bits per heavy atom. The van der Waals surface area contributed by atoms with E-state index in [4.69, 9.17) is 9.47 Å². The Hall–Kier alpha value is -0.900. The second kappa shape index (κ2) is 6.04. The molecule has 2 rings (SSSR count). The molecular formula is C16H24O3. The highest BCUT2D eigenvalue weighted by atomic mass is 16.5. The van der Waals surface area contributed by atoms with Crippen LogP contribution in [0.15, 0.2) is 18.2 Å². The number of ether oxygens (including phenoxy) is 2. The lowest BCUT2D eigenvalue weighted by Gasteiger charge is -2.39. The van der Waals surface area contributed by atoms with Crippen LogP contribution in [0.5, 0.6) is 0 Å². The zero-order valence-electron chi connectivity index (χ0n) is 12.1. The van der Waals surface area contributed by atoms with E-state index in [0.717, 1.165) is 12.8 Å². The second-order valence-electron chi connectivity index (χ2n) is 5.60. The van der Waals surface area contributed by atoms with Crippen LogP contribution in [0, 0.1) is 13.8 Å². The zero-order valence-corrected chi connectivity index (χ0v) is 12.1. The van der Waals surface area contributed by atoms with Crippen LogP contribution in [0.1, 0.15) is 29.5 Å². The number of aliphatic hydroxyl groups excluding tert-OH is 1. The third kappa shape index (κ3) is 3.35. The molecule has 0 aromatic heterocycles. The molecule has 1 fully saturated rings. The summed E-state index contributed by atoms with van der Waals surface area (Å²) in [5.41, 5.74) is 3.20. The minimum Gasteiger partial charge on any atom is -0.390 e. The van der Waals surface area contributed by atoms with Crippen LogP contribution in [0.4, 0.5) is 0 Å². The smallest absolute Gasteiger partial charge is 0.0983 e. The Balaban J connectivity index is 2.12. The van der Waals surface area contributed by atoms with Crippen LogP contribution in [0.25, 0.3) is 0 Å². The maximum Gasteiger partial charge on any atom is 0.0983 e. The van der Waals surface area contributed by atoms with Crippen molar-refractivity contribution < 1.29 is 14.6 Å². The molecule has 1 aliphatic rings. The van der Waals surface area contributed by atoms with Gasteiger partial charge in [0.25, 0.3) is 0 Å². The standard InChI is InChI=1S/C16H24O3/c1-12-8-13(2)10-14(9-12)11-15(17)16(18-3)4-6-19-7-5-16/h8-10,15,17H,4-7,11H2,1-3H3. The van der Waals surface area contributed by atoms with E-state index in [1.54, 1.807) is 7.11 Å². The van der Waals surface area contributed by atoms with Crippen LogP contribution in [-0.4, -0.2) is 37.1 Å². The molecule has 3 heteroatoms. The van der Waals surface area contributed by atoms with Crippen LogP contribution in [-0.2, 0) is 15.9 Å². The Bertz CT molecular complexity index is 402. The fourth-order valence-corrected chi connectivity index (χ4v) is 2.99. The van der Waals surface area contributed by atoms with Crippen molar-refractivity contribution in [3.05, 3.63) is 34.9 Å². The Morgan fingerprint density at radius 2 is 1.79 bits per heavy atom. The van der Waals surface area contributed by atoms with Crippen molar-refractivity contribution in [3.63, 3.8) is 0 Å². The van der Waals surface area contributed by atoms with Crippen molar-refractivity contribution in [3.8, 4) is 0 Å². The van der Waals surface area contributed by atoms with Gasteiger partial charge in [-0.1, -0.05) is 29.3 Å². The van der Waals surface area contributed by atoms with Gasteiger partial charge in [-0.05, 0) is 19.4 Å². The van der Waals surface area contributed by atoms with Crippen molar-refractivity contribution >= 4 is 0 Å². The van der Waals surface area contributed by atoms with Crippen molar-refractivity contribution in [2.45, 2.75) is 44.8 Å². The highest BCUT2D eigenvalue weighted by Gasteiger charge is 2.39. The molecule has 0 saturated carbocycles. The first kappa shape index (κ1) is 14.5. The monoisotopic (exact) mass is 264 g/mol. The van der Waals surface area contributed by atoms with Crippen molar-refractivity contribution in [2.75, 3.05) is 20.3 Å². The lowest BCUT2D eigenvalue weighted by molar-refractivity contribution is -0.151. The van der Waals surface area contributed by atoms with E-state index in [-0.39, 0.29) is 0 Å². The first-order valence-electron chi connectivity index (χ1n) is 6.94. The highest BCUT2D eigenvalue weighted by molar-refractivity contribution is 5.29. The highest BCUT2D eigenvalue weighted by Crippen LogP contribution is 2.30. The molecule has 1 heterocycles. The molecule has 0 bridgehead atoms. The van der Waals surface area contributed by atoms with Crippen LogP contribution in [0.3, 0.4) is 0 Å². The number of hydrogen-bond donors (Lipinski definition) is 1. The van der Waals surface area contributed by atoms with Gasteiger partial charge in [0, 0.05) is 39.6 Å². The van der Waals surface area contributed by atoms with Crippen LogP contribution < -0.4 is 0 Å². The summed E-state index contributed by atoms with van der Waals surface area (Å²) in [6, 6.07) is 6.42. The van der Waals surface area contributed by atoms with Gasteiger partial charge < -0.3 is 14.6 Å². The van der Waals surface area contributed by atoms with Gasteiger partial charge >= 0.3 is 0 Å². The van der Waals surface area contributed by atoms with Gasteiger partial charge in [0.1, 0.15) is 0 Å². The number of benzene rings is 1. The van der Waals surface area contributed by atoms with Gasteiger partial charge in [-0.15, -0.1) is 0 Å². The SMILES string of the molecule is COC1(C(O)Cc2cc(C)cc(C)c2)CCOCC1. The number of methoxy groups -OCH3 is 1. The lowest BCUT2D eigenvalue weighted by Crippen LogP contribution is -2.49. The maximum atomic E-state index is 10.6. The van der Waals surface area contributed by atoms with Gasteiger partial charge in [-0.2, -0.15) is 0 Å². The third-order valence-corrected chi connectivity index (χ3v) is 4.06. The van der Waals surface area contributed by atoms with Gasteiger partial charge in [0.15, 0.2) is 0 Å². The molecule has 106 valence electrons. The molecule has 1 N–H and O–H groups in total. The first-order valence-corrected chi connectivity index (χ1v) is 6.94. The van der Waals surface area contributed by atoms with E-state index < -0.39 is 11.7 Å². The van der Waals surface area contributed by atoms with Gasteiger partial charge in [0.05, 0.1) is 11.7 Å². The first-order chi connectivity index (χ1) is 9.05. The Morgan fingerprint density at radius 3 is 2.32 bits per heavy atom. The van der Waals surface area contributed by atoms with Gasteiger partial charge in [0.2, 0.25) is 0 Å². The summed E-state index contributed by atoms with van der Waals surface area (Å²) in [5, 5.41) is 10.6. The van der Waals surface area contributed by atoms with Crippen molar-refractivity contribution in [1.82, 2.24) is 0 Å². The predicted molar refractivity (Wildman–Crippen MR) is 75.4 cm³/mol. The molecule has 1 atom stereocenters. The molecule has 0 radical (unpaired) electrons. The molecular weight excluding hydrogens is 240 g/mol. The number of aryl methyl sites for hydroxylation is 2. The van der Waals surface area contributed by atoms with Crippen molar-refractivity contribution in [1.29, 1.82) is 0 Å². The molecule has 1 unspecified atom stereocenters. The van der Waals surface area contributed by atoms with Crippen LogP contribution >= 0.6 is 0 Å². The quantitative estimate of drug-likeness (QED) is 0.907. The second-order valence-corrected chi connectivity index (χ2v) is 5.60. The number of rotatable bonds is 4. The molecule has 0 aliphatic carbocycles. The molecule has 0 amide bonds.